The molecule has 2 heterocycles. The van der Waals surface area contributed by atoms with E-state index in [0.717, 1.165) is 43.5 Å². The number of benzene rings is 1. The van der Waals surface area contributed by atoms with Gasteiger partial charge in [0.05, 0.1) is 12.6 Å². The number of carbonyl (C=O) groups is 1. The summed E-state index contributed by atoms with van der Waals surface area (Å²) >= 11 is 0. The summed E-state index contributed by atoms with van der Waals surface area (Å²) in [5.41, 5.74) is 2.18. The van der Waals surface area contributed by atoms with Crippen LogP contribution in [0.3, 0.4) is 0 Å². The van der Waals surface area contributed by atoms with Gasteiger partial charge in [-0.2, -0.15) is 0 Å². The first kappa shape index (κ1) is 15.4. The molecule has 5 heteroatoms. The number of nitrogens with zero attached hydrogens (tertiary/aromatic N) is 1. The molecule has 1 fully saturated rings. The third kappa shape index (κ3) is 3.47. The van der Waals surface area contributed by atoms with Gasteiger partial charge in [-0.25, -0.2) is 4.39 Å². The van der Waals surface area contributed by atoms with Gasteiger partial charge in [0, 0.05) is 25.7 Å². The second kappa shape index (κ2) is 6.75. The molecular formula is C17H23FN2O2. The molecule has 2 aliphatic heterocycles. The van der Waals surface area contributed by atoms with Crippen LogP contribution < -0.4 is 5.32 Å². The zero-order chi connectivity index (χ0) is 15.5. The van der Waals surface area contributed by atoms with Gasteiger partial charge in [-0.1, -0.05) is 6.07 Å². The van der Waals surface area contributed by atoms with Crippen molar-refractivity contribution < 1.29 is 13.9 Å². The van der Waals surface area contributed by atoms with E-state index in [-0.39, 0.29) is 23.9 Å². The molecule has 0 aromatic heterocycles. The number of halogens is 1. The zero-order valence-electron chi connectivity index (χ0n) is 13.0. The monoisotopic (exact) mass is 306 g/mol. The summed E-state index contributed by atoms with van der Waals surface area (Å²) in [7, 11) is 0. The molecule has 3 rings (SSSR count). The summed E-state index contributed by atoms with van der Waals surface area (Å²) in [5.74, 6) is -0.151. The van der Waals surface area contributed by atoms with Crippen molar-refractivity contribution in [1.82, 2.24) is 10.2 Å². The number of hydrogen-bond donors (Lipinski definition) is 1. The zero-order valence-corrected chi connectivity index (χ0v) is 13.0. The fourth-order valence-electron chi connectivity index (χ4n) is 3.34. The lowest BCUT2D eigenvalue weighted by Gasteiger charge is -2.34. The van der Waals surface area contributed by atoms with Crippen molar-refractivity contribution in [2.45, 2.75) is 38.3 Å². The molecule has 22 heavy (non-hydrogen) atoms. The molecule has 0 unspecified atom stereocenters. The first-order valence-corrected chi connectivity index (χ1v) is 8.04. The Balaban J connectivity index is 1.54. The van der Waals surface area contributed by atoms with Gasteiger partial charge in [-0.15, -0.1) is 0 Å². The second-order valence-electron chi connectivity index (χ2n) is 6.18. The molecule has 2 aliphatic rings. The number of nitrogens with one attached hydrogen (secondary N) is 1. The maximum absolute atomic E-state index is 13.3. The van der Waals surface area contributed by atoms with Crippen LogP contribution in [0.5, 0.6) is 0 Å². The Bertz CT molecular complexity index is 543. The molecule has 0 bridgehead atoms. The summed E-state index contributed by atoms with van der Waals surface area (Å²) in [4.78, 5) is 14.3. The van der Waals surface area contributed by atoms with Gasteiger partial charge in [-0.05, 0) is 49.4 Å². The van der Waals surface area contributed by atoms with E-state index >= 15 is 0 Å². The van der Waals surface area contributed by atoms with Gasteiger partial charge in [0.15, 0.2) is 0 Å². The Kier molecular flexibility index (Phi) is 4.74. The van der Waals surface area contributed by atoms with Crippen LogP contribution in [0, 0.1) is 5.82 Å². The van der Waals surface area contributed by atoms with Crippen molar-refractivity contribution >= 4 is 5.91 Å². The number of amides is 1. The van der Waals surface area contributed by atoms with E-state index in [4.69, 9.17) is 4.74 Å². The van der Waals surface area contributed by atoms with Gasteiger partial charge >= 0.3 is 0 Å². The molecule has 0 spiro atoms. The molecule has 1 aromatic carbocycles. The van der Waals surface area contributed by atoms with E-state index in [2.05, 4.69) is 17.1 Å². The van der Waals surface area contributed by atoms with Crippen molar-refractivity contribution in [3.05, 3.63) is 35.1 Å². The lowest BCUT2D eigenvalue weighted by atomic mass is 9.93. The van der Waals surface area contributed by atoms with Crippen LogP contribution in [0.4, 0.5) is 4.39 Å². The van der Waals surface area contributed by atoms with Crippen LogP contribution in [0.15, 0.2) is 18.2 Å². The lowest BCUT2D eigenvalue weighted by Crippen LogP contribution is -2.43. The Morgan fingerprint density at radius 3 is 3.14 bits per heavy atom. The van der Waals surface area contributed by atoms with Gasteiger partial charge in [0.2, 0.25) is 5.91 Å². The predicted molar refractivity (Wildman–Crippen MR) is 82.1 cm³/mol. The number of ether oxygens (including phenoxy) is 1. The quantitative estimate of drug-likeness (QED) is 0.925. The molecule has 1 amide bonds. The molecule has 0 saturated carbocycles. The summed E-state index contributed by atoms with van der Waals surface area (Å²) in [5, 5.41) is 2.96. The first-order valence-electron chi connectivity index (χ1n) is 8.04. The highest BCUT2D eigenvalue weighted by Crippen LogP contribution is 2.29. The van der Waals surface area contributed by atoms with E-state index in [1.54, 1.807) is 6.07 Å². The highest BCUT2D eigenvalue weighted by Gasteiger charge is 2.26. The molecule has 2 atom stereocenters. The number of carbonyl (C=O) groups excluding carboxylic acids is 1. The van der Waals surface area contributed by atoms with Crippen LogP contribution in [-0.2, 0) is 16.0 Å². The largest absolute Gasteiger partial charge is 0.376 e. The molecule has 1 saturated heterocycles. The minimum atomic E-state index is -0.186. The van der Waals surface area contributed by atoms with E-state index in [9.17, 15) is 9.18 Å². The van der Waals surface area contributed by atoms with Gasteiger partial charge in [-0.3, -0.25) is 9.69 Å². The fourth-order valence-corrected chi connectivity index (χ4v) is 3.34. The van der Waals surface area contributed by atoms with Crippen molar-refractivity contribution in [3.63, 3.8) is 0 Å². The summed E-state index contributed by atoms with van der Waals surface area (Å²) in [6.07, 6.45) is 3.07. The lowest BCUT2D eigenvalue weighted by molar-refractivity contribution is -0.123. The maximum atomic E-state index is 13.3. The van der Waals surface area contributed by atoms with Crippen molar-refractivity contribution in [2.75, 3.05) is 26.2 Å². The Morgan fingerprint density at radius 1 is 1.50 bits per heavy atom. The maximum Gasteiger partial charge on any atom is 0.234 e. The third-order valence-electron chi connectivity index (χ3n) is 4.67. The minimum absolute atomic E-state index is 0.0351. The standard InChI is InChI=1S/C17H23FN2O2/c1-12-16-5-4-14(18)9-13(16)6-7-20(12)11-17(21)19-10-15-3-2-8-22-15/h4-5,9,12,15H,2-3,6-8,10-11H2,1H3,(H,19,21)/t12-,15-/m1/s1. The fraction of sp³-hybridized carbons (Fsp3) is 0.588. The molecule has 0 aliphatic carbocycles. The summed E-state index contributed by atoms with van der Waals surface area (Å²) in [6.45, 7) is 4.64. The van der Waals surface area contributed by atoms with Crippen LogP contribution in [0.1, 0.15) is 36.9 Å². The predicted octanol–water partition coefficient (Wildman–Crippen LogP) is 2.04. The average molecular weight is 306 g/mol. The van der Waals surface area contributed by atoms with E-state index in [0.29, 0.717) is 13.1 Å². The average Bonchev–Trinajstić information content (AvgIpc) is 3.01. The minimum Gasteiger partial charge on any atom is -0.376 e. The number of fused-ring (bicyclic) bond motifs is 1. The van der Waals surface area contributed by atoms with E-state index in [1.165, 1.54) is 6.07 Å². The number of rotatable bonds is 4. The Hall–Kier alpha value is -1.46. The second-order valence-corrected chi connectivity index (χ2v) is 6.18. The first-order chi connectivity index (χ1) is 10.6. The molecule has 1 aromatic rings. The summed E-state index contributed by atoms with van der Waals surface area (Å²) < 4.78 is 18.8. The van der Waals surface area contributed by atoms with Crippen LogP contribution in [0.2, 0.25) is 0 Å². The Labute approximate surface area is 130 Å². The molecular weight excluding hydrogens is 283 g/mol. The summed E-state index contributed by atoms with van der Waals surface area (Å²) in [6, 6.07) is 5.08. The van der Waals surface area contributed by atoms with E-state index < -0.39 is 0 Å². The van der Waals surface area contributed by atoms with Crippen molar-refractivity contribution in [3.8, 4) is 0 Å². The molecule has 0 radical (unpaired) electrons. The van der Waals surface area contributed by atoms with Crippen LogP contribution in [0.25, 0.3) is 0 Å². The smallest absolute Gasteiger partial charge is 0.234 e. The van der Waals surface area contributed by atoms with Crippen molar-refractivity contribution in [1.29, 1.82) is 0 Å². The molecule has 1 N–H and O–H groups in total. The molecule has 4 nitrogen and oxygen atoms in total. The topological polar surface area (TPSA) is 41.6 Å². The van der Waals surface area contributed by atoms with Gasteiger partial charge < -0.3 is 10.1 Å². The highest BCUT2D eigenvalue weighted by molar-refractivity contribution is 5.78. The highest BCUT2D eigenvalue weighted by atomic mass is 19.1. The SMILES string of the molecule is C[C@@H]1c2ccc(F)cc2CCN1CC(=O)NC[C@H]1CCCO1. The normalized spacial score (nSPS) is 25.0. The Morgan fingerprint density at radius 2 is 2.36 bits per heavy atom. The van der Waals surface area contributed by atoms with Crippen LogP contribution >= 0.6 is 0 Å². The third-order valence-corrected chi connectivity index (χ3v) is 4.67. The van der Waals surface area contributed by atoms with E-state index in [1.807, 2.05) is 6.07 Å². The molecule has 120 valence electrons. The van der Waals surface area contributed by atoms with Crippen molar-refractivity contribution in [2.24, 2.45) is 0 Å². The number of hydrogen-bond acceptors (Lipinski definition) is 3. The van der Waals surface area contributed by atoms with Gasteiger partial charge in [0.25, 0.3) is 0 Å². The van der Waals surface area contributed by atoms with Gasteiger partial charge in [0.1, 0.15) is 5.82 Å². The van der Waals surface area contributed by atoms with Crippen LogP contribution in [-0.4, -0.2) is 43.2 Å².